The van der Waals surface area contributed by atoms with Gasteiger partial charge in [-0.15, -0.1) is 5.10 Å². The van der Waals surface area contributed by atoms with E-state index in [-0.39, 0.29) is 18.4 Å². The second kappa shape index (κ2) is 8.51. The molecule has 0 aliphatic heterocycles. The van der Waals surface area contributed by atoms with E-state index in [1.54, 1.807) is 0 Å². The molecule has 0 radical (unpaired) electrons. The van der Waals surface area contributed by atoms with Crippen molar-refractivity contribution in [3.05, 3.63) is 39.8 Å². The average Bonchev–Trinajstić information content (AvgIpc) is 2.93. The van der Waals surface area contributed by atoms with Crippen LogP contribution in [0.5, 0.6) is 0 Å². The maximum atomic E-state index is 12.4. The number of nitrogens with zero attached hydrogens (tertiary/aromatic N) is 1. The normalized spacial score (nSPS) is 11.7. The van der Waals surface area contributed by atoms with Crippen LogP contribution in [-0.4, -0.2) is 41.8 Å². The third-order valence-corrected chi connectivity index (χ3v) is 3.88. The van der Waals surface area contributed by atoms with Crippen LogP contribution in [0.15, 0.2) is 30.3 Å². The Hall–Kier alpha value is -2.10. The summed E-state index contributed by atoms with van der Waals surface area (Å²) in [7, 11) is 1.42. The van der Waals surface area contributed by atoms with E-state index in [1.807, 2.05) is 30.3 Å². The van der Waals surface area contributed by atoms with Gasteiger partial charge in [0.15, 0.2) is 3.95 Å². The van der Waals surface area contributed by atoms with Crippen molar-refractivity contribution < 1.29 is 14.3 Å². The van der Waals surface area contributed by atoms with Gasteiger partial charge in [-0.25, -0.2) is 0 Å². The molecule has 0 bridgehead atoms. The molecular formula is C14H16N4O3S2. The van der Waals surface area contributed by atoms with Crippen molar-refractivity contribution in [3.8, 4) is 0 Å². The van der Waals surface area contributed by atoms with E-state index in [1.165, 1.54) is 7.11 Å². The minimum absolute atomic E-state index is 0.111. The number of aromatic amines is 1. The fraction of sp³-hybridized carbons (Fsp3) is 0.286. The topological polar surface area (TPSA) is 96.1 Å². The zero-order valence-electron chi connectivity index (χ0n) is 12.4. The van der Waals surface area contributed by atoms with E-state index in [9.17, 15) is 9.59 Å². The van der Waals surface area contributed by atoms with Crippen LogP contribution in [0.1, 0.15) is 5.56 Å². The van der Waals surface area contributed by atoms with E-state index >= 15 is 0 Å². The molecule has 1 aromatic heterocycles. The van der Waals surface area contributed by atoms with Crippen LogP contribution in [0.25, 0.3) is 0 Å². The second-order valence-electron chi connectivity index (χ2n) is 4.65. The first kappa shape index (κ1) is 17.3. The first-order chi connectivity index (χ1) is 11.1. The van der Waals surface area contributed by atoms with Gasteiger partial charge < -0.3 is 10.1 Å². The Morgan fingerprint density at radius 2 is 2.13 bits per heavy atom. The molecular weight excluding hydrogens is 336 g/mol. The van der Waals surface area contributed by atoms with Gasteiger partial charge in [-0.1, -0.05) is 41.7 Å². The zero-order valence-corrected chi connectivity index (χ0v) is 14.0. The summed E-state index contributed by atoms with van der Waals surface area (Å²) in [5, 5.41) is 12.1. The number of H-pyrrole nitrogens is 1. The molecule has 7 nitrogen and oxygen atoms in total. The molecule has 2 amide bonds. The highest BCUT2D eigenvalue weighted by Crippen LogP contribution is 2.12. The van der Waals surface area contributed by atoms with Crippen molar-refractivity contribution in [2.24, 2.45) is 0 Å². The number of methoxy groups -OCH3 is 1. The molecule has 0 saturated heterocycles. The first-order valence-corrected chi connectivity index (χ1v) is 7.99. The smallest absolute Gasteiger partial charge is 0.249 e. The van der Waals surface area contributed by atoms with Crippen molar-refractivity contribution in [1.29, 1.82) is 0 Å². The molecule has 9 heteroatoms. The monoisotopic (exact) mass is 352 g/mol. The molecule has 0 fully saturated rings. The third kappa shape index (κ3) is 5.55. The Morgan fingerprint density at radius 3 is 2.74 bits per heavy atom. The number of anilines is 1. The van der Waals surface area contributed by atoms with Crippen molar-refractivity contribution >= 4 is 40.5 Å². The predicted molar refractivity (Wildman–Crippen MR) is 89.9 cm³/mol. The standard InChI is InChI=1S/C14H16N4O3S2/c1-21-8-11(19)15-10(7-9-5-3-2-4-6-9)12(20)16-13-17-18-14(22)23-13/h2-6,10H,7-8H2,1H3,(H,15,19)(H,18,22)(H,16,17,20). The van der Waals surface area contributed by atoms with Gasteiger partial charge >= 0.3 is 0 Å². The number of carbonyl (C=O) groups is 2. The maximum absolute atomic E-state index is 12.4. The minimum Gasteiger partial charge on any atom is -0.375 e. The lowest BCUT2D eigenvalue weighted by Gasteiger charge is -2.17. The molecule has 1 atom stereocenters. The van der Waals surface area contributed by atoms with Crippen molar-refractivity contribution in [3.63, 3.8) is 0 Å². The Balaban J connectivity index is 2.09. The highest BCUT2D eigenvalue weighted by atomic mass is 32.1. The van der Waals surface area contributed by atoms with Crippen molar-refractivity contribution in [2.75, 3.05) is 19.0 Å². The lowest BCUT2D eigenvalue weighted by molar-refractivity contribution is -0.129. The van der Waals surface area contributed by atoms with Crippen molar-refractivity contribution in [1.82, 2.24) is 15.5 Å². The summed E-state index contributed by atoms with van der Waals surface area (Å²) < 4.78 is 5.24. The van der Waals surface area contributed by atoms with Gasteiger partial charge in [-0.2, -0.15) is 0 Å². The summed E-state index contributed by atoms with van der Waals surface area (Å²) in [6, 6.07) is 8.68. The second-order valence-corrected chi connectivity index (χ2v) is 6.32. The van der Waals surface area contributed by atoms with Gasteiger partial charge in [0.05, 0.1) is 0 Å². The van der Waals surface area contributed by atoms with Gasteiger partial charge in [-0.3, -0.25) is 20.0 Å². The zero-order chi connectivity index (χ0) is 16.7. The number of aromatic nitrogens is 2. The molecule has 2 aromatic rings. The quantitative estimate of drug-likeness (QED) is 0.657. The van der Waals surface area contributed by atoms with E-state index in [0.717, 1.165) is 16.9 Å². The van der Waals surface area contributed by atoms with Crippen LogP contribution in [0.4, 0.5) is 5.13 Å². The summed E-state index contributed by atoms with van der Waals surface area (Å²) in [5.41, 5.74) is 0.931. The first-order valence-electron chi connectivity index (χ1n) is 6.77. The molecule has 1 heterocycles. The number of nitrogens with one attached hydrogen (secondary N) is 3. The molecule has 0 saturated carbocycles. The molecule has 0 aliphatic carbocycles. The number of benzene rings is 1. The van der Waals surface area contributed by atoms with Crippen LogP contribution < -0.4 is 10.6 Å². The maximum Gasteiger partial charge on any atom is 0.249 e. The van der Waals surface area contributed by atoms with E-state index in [2.05, 4.69) is 20.8 Å². The van der Waals surface area contributed by atoms with Gasteiger partial charge in [0, 0.05) is 13.5 Å². The highest BCUT2D eigenvalue weighted by molar-refractivity contribution is 7.73. The summed E-state index contributed by atoms with van der Waals surface area (Å²) in [6.07, 6.45) is 0.359. The van der Waals surface area contributed by atoms with Gasteiger partial charge in [-0.05, 0) is 17.8 Å². The van der Waals surface area contributed by atoms with Crippen LogP contribution in [-0.2, 0) is 20.7 Å². The molecule has 122 valence electrons. The number of amides is 2. The Kier molecular flexibility index (Phi) is 6.39. The third-order valence-electron chi connectivity index (χ3n) is 2.88. The molecule has 1 aromatic carbocycles. The molecule has 3 N–H and O–H groups in total. The molecule has 2 rings (SSSR count). The average molecular weight is 352 g/mol. The van der Waals surface area contributed by atoms with Gasteiger partial charge in [0.1, 0.15) is 12.6 Å². The number of ether oxygens (including phenoxy) is 1. The molecule has 0 spiro atoms. The van der Waals surface area contributed by atoms with Crippen LogP contribution >= 0.6 is 23.6 Å². The predicted octanol–water partition coefficient (Wildman–Crippen LogP) is 1.51. The van der Waals surface area contributed by atoms with Gasteiger partial charge in [0.25, 0.3) is 0 Å². The minimum atomic E-state index is -0.738. The number of rotatable bonds is 7. The Morgan fingerprint density at radius 1 is 1.39 bits per heavy atom. The van der Waals surface area contributed by atoms with E-state index < -0.39 is 6.04 Å². The fourth-order valence-electron chi connectivity index (χ4n) is 1.90. The summed E-state index contributed by atoms with van der Waals surface area (Å²) in [6.45, 7) is -0.111. The van der Waals surface area contributed by atoms with Crippen LogP contribution in [0, 0.1) is 3.95 Å². The SMILES string of the molecule is COCC(=O)NC(Cc1ccccc1)C(=O)Nc1n[nH]c(=S)s1. The van der Waals surface area contributed by atoms with Crippen LogP contribution in [0.2, 0.25) is 0 Å². The fourth-order valence-corrected chi connectivity index (χ4v) is 2.69. The van der Waals surface area contributed by atoms with Crippen molar-refractivity contribution in [2.45, 2.75) is 12.5 Å². The molecule has 0 aliphatic rings. The van der Waals surface area contributed by atoms with E-state index in [0.29, 0.717) is 15.5 Å². The largest absolute Gasteiger partial charge is 0.375 e. The summed E-state index contributed by atoms with van der Waals surface area (Å²) in [4.78, 5) is 24.2. The molecule has 1 unspecified atom stereocenters. The lowest BCUT2D eigenvalue weighted by atomic mass is 10.1. The highest BCUT2D eigenvalue weighted by Gasteiger charge is 2.22. The lowest BCUT2D eigenvalue weighted by Crippen LogP contribution is -2.46. The molecule has 23 heavy (non-hydrogen) atoms. The summed E-state index contributed by atoms with van der Waals surface area (Å²) in [5.74, 6) is -0.728. The summed E-state index contributed by atoms with van der Waals surface area (Å²) >= 11 is 6.07. The van der Waals surface area contributed by atoms with Crippen LogP contribution in [0.3, 0.4) is 0 Å². The number of hydrogen-bond donors (Lipinski definition) is 3. The Bertz CT molecular complexity index is 714. The van der Waals surface area contributed by atoms with Gasteiger partial charge in [0.2, 0.25) is 16.9 Å². The number of hydrogen-bond acceptors (Lipinski definition) is 6. The van der Waals surface area contributed by atoms with E-state index in [4.69, 9.17) is 17.0 Å². The Labute approximate surface area is 142 Å². The number of carbonyl (C=O) groups excluding carboxylic acids is 2.